The van der Waals surface area contributed by atoms with E-state index in [1.807, 2.05) is 6.20 Å². The molecule has 20 heavy (non-hydrogen) atoms. The van der Waals surface area contributed by atoms with Crippen LogP contribution in [-0.2, 0) is 4.74 Å². The van der Waals surface area contributed by atoms with Crippen molar-refractivity contribution < 1.29 is 4.74 Å². The molecule has 3 rings (SSSR count). The van der Waals surface area contributed by atoms with Gasteiger partial charge < -0.3 is 10.1 Å². The molecule has 2 fully saturated rings. The van der Waals surface area contributed by atoms with E-state index in [0.29, 0.717) is 6.04 Å². The Bertz CT molecular complexity index is 466. The topological polar surface area (TPSA) is 34.1 Å². The number of nitrogens with zero attached hydrogens (tertiary/aromatic N) is 1. The Morgan fingerprint density at radius 3 is 2.90 bits per heavy atom. The zero-order valence-electron chi connectivity index (χ0n) is 12.1. The van der Waals surface area contributed by atoms with Gasteiger partial charge in [0, 0.05) is 23.3 Å². The van der Waals surface area contributed by atoms with Crippen molar-refractivity contribution in [2.24, 2.45) is 0 Å². The molecule has 0 amide bonds. The molecule has 1 aliphatic carbocycles. The molecule has 1 spiro atoms. The Morgan fingerprint density at radius 1 is 1.35 bits per heavy atom. The van der Waals surface area contributed by atoms with Gasteiger partial charge in [-0.1, -0.05) is 19.3 Å². The van der Waals surface area contributed by atoms with Crippen molar-refractivity contribution >= 4 is 21.7 Å². The largest absolute Gasteiger partial charge is 0.375 e. The van der Waals surface area contributed by atoms with Crippen LogP contribution in [0.4, 0.5) is 5.82 Å². The highest BCUT2D eigenvalue weighted by Gasteiger charge is 2.38. The highest BCUT2D eigenvalue weighted by molar-refractivity contribution is 9.10. The summed E-state index contributed by atoms with van der Waals surface area (Å²) in [6.07, 6.45) is 10.6. The number of halogens is 1. The molecule has 0 aromatic carbocycles. The molecule has 1 aromatic rings. The van der Waals surface area contributed by atoms with Gasteiger partial charge in [0.2, 0.25) is 0 Å². The first-order valence-electron chi connectivity index (χ1n) is 7.70. The summed E-state index contributed by atoms with van der Waals surface area (Å²) < 4.78 is 7.22. The average Bonchev–Trinajstić information content (AvgIpc) is 2.44. The fourth-order valence-corrected chi connectivity index (χ4v) is 3.74. The van der Waals surface area contributed by atoms with Crippen molar-refractivity contribution in [3.63, 3.8) is 0 Å². The zero-order chi connectivity index (χ0) is 14.0. The minimum atomic E-state index is 0.151. The monoisotopic (exact) mass is 338 g/mol. The van der Waals surface area contributed by atoms with Crippen LogP contribution in [0, 0.1) is 6.92 Å². The van der Waals surface area contributed by atoms with Crippen LogP contribution in [0.2, 0.25) is 0 Å². The predicted octanol–water partition coefficient (Wildman–Crippen LogP) is 4.45. The van der Waals surface area contributed by atoms with E-state index in [1.165, 1.54) is 37.7 Å². The quantitative estimate of drug-likeness (QED) is 0.865. The summed E-state index contributed by atoms with van der Waals surface area (Å²) >= 11 is 3.50. The molecule has 1 atom stereocenters. The summed E-state index contributed by atoms with van der Waals surface area (Å²) in [6, 6.07) is 2.61. The number of aryl methyl sites for hydroxylation is 1. The first-order chi connectivity index (χ1) is 9.67. The van der Waals surface area contributed by atoms with Crippen molar-refractivity contribution in [1.82, 2.24) is 4.98 Å². The maximum Gasteiger partial charge on any atom is 0.126 e. The Hall–Kier alpha value is -0.610. The predicted molar refractivity (Wildman–Crippen MR) is 85.1 cm³/mol. The molecule has 1 N–H and O–H groups in total. The normalized spacial score (nSPS) is 25.6. The van der Waals surface area contributed by atoms with Crippen LogP contribution < -0.4 is 5.32 Å². The molecule has 1 unspecified atom stereocenters. The van der Waals surface area contributed by atoms with Gasteiger partial charge in [0.1, 0.15) is 5.82 Å². The maximum absolute atomic E-state index is 6.15. The zero-order valence-corrected chi connectivity index (χ0v) is 13.7. The molecular formula is C16H23BrN2O. The van der Waals surface area contributed by atoms with Crippen LogP contribution in [0.5, 0.6) is 0 Å². The second-order valence-corrected chi connectivity index (χ2v) is 7.10. The second kappa shape index (κ2) is 6.02. The van der Waals surface area contributed by atoms with Gasteiger partial charge in [0.25, 0.3) is 0 Å². The summed E-state index contributed by atoms with van der Waals surface area (Å²) in [5.74, 6) is 0.989. The van der Waals surface area contributed by atoms with E-state index in [0.717, 1.165) is 29.7 Å². The van der Waals surface area contributed by atoms with Gasteiger partial charge in [0.15, 0.2) is 0 Å². The number of aromatic nitrogens is 1. The number of pyridine rings is 1. The maximum atomic E-state index is 6.15. The van der Waals surface area contributed by atoms with Gasteiger partial charge in [-0.05, 0) is 60.2 Å². The van der Waals surface area contributed by atoms with E-state index in [4.69, 9.17) is 4.74 Å². The van der Waals surface area contributed by atoms with Crippen LogP contribution in [0.25, 0.3) is 0 Å². The van der Waals surface area contributed by atoms with Crippen LogP contribution in [0.3, 0.4) is 0 Å². The molecule has 1 saturated heterocycles. The lowest BCUT2D eigenvalue weighted by molar-refractivity contribution is -0.103. The van der Waals surface area contributed by atoms with Gasteiger partial charge in [0.05, 0.1) is 5.60 Å². The third-order valence-electron chi connectivity index (χ3n) is 4.66. The minimum absolute atomic E-state index is 0.151. The van der Waals surface area contributed by atoms with Gasteiger partial charge in [-0.3, -0.25) is 0 Å². The van der Waals surface area contributed by atoms with Crippen molar-refractivity contribution in [2.75, 3.05) is 11.9 Å². The highest BCUT2D eigenvalue weighted by atomic mass is 79.9. The minimum Gasteiger partial charge on any atom is -0.375 e. The molecular weight excluding hydrogens is 316 g/mol. The smallest absolute Gasteiger partial charge is 0.126 e. The lowest BCUT2D eigenvalue weighted by atomic mass is 9.78. The second-order valence-electron chi connectivity index (χ2n) is 6.24. The number of rotatable bonds is 2. The van der Waals surface area contributed by atoms with Crippen LogP contribution in [-0.4, -0.2) is 23.2 Å². The highest BCUT2D eigenvalue weighted by Crippen LogP contribution is 2.39. The Kier molecular flexibility index (Phi) is 4.32. The molecule has 4 heteroatoms. The summed E-state index contributed by atoms with van der Waals surface area (Å²) in [5.41, 5.74) is 1.38. The van der Waals surface area contributed by atoms with Gasteiger partial charge in [-0.25, -0.2) is 4.98 Å². The van der Waals surface area contributed by atoms with Gasteiger partial charge in [-0.15, -0.1) is 0 Å². The van der Waals surface area contributed by atoms with Crippen LogP contribution in [0.15, 0.2) is 16.7 Å². The van der Waals surface area contributed by atoms with E-state index < -0.39 is 0 Å². The Morgan fingerprint density at radius 2 is 2.15 bits per heavy atom. The van der Waals surface area contributed by atoms with Crippen LogP contribution in [0.1, 0.15) is 50.5 Å². The number of hydrogen-bond acceptors (Lipinski definition) is 3. The molecule has 1 aliphatic heterocycles. The molecule has 2 aliphatic rings. The van der Waals surface area contributed by atoms with Crippen LogP contribution >= 0.6 is 15.9 Å². The van der Waals surface area contributed by atoms with Crippen molar-refractivity contribution in [3.05, 3.63) is 22.3 Å². The Balaban J connectivity index is 1.66. The molecule has 110 valence electrons. The van der Waals surface area contributed by atoms with E-state index in [2.05, 4.69) is 39.2 Å². The van der Waals surface area contributed by atoms with E-state index in [-0.39, 0.29) is 5.60 Å². The molecule has 0 radical (unpaired) electrons. The number of anilines is 1. The summed E-state index contributed by atoms with van der Waals surface area (Å²) in [6.45, 7) is 2.98. The molecule has 1 aromatic heterocycles. The SMILES string of the molecule is Cc1cc(NC2CCOC3(CCCCC3)C2)ncc1Br. The lowest BCUT2D eigenvalue weighted by Gasteiger charge is -2.43. The summed E-state index contributed by atoms with van der Waals surface area (Å²) in [4.78, 5) is 4.47. The van der Waals surface area contributed by atoms with Crippen molar-refractivity contribution in [1.29, 1.82) is 0 Å². The fraction of sp³-hybridized carbons (Fsp3) is 0.688. The molecule has 2 heterocycles. The van der Waals surface area contributed by atoms with E-state index in [1.54, 1.807) is 0 Å². The molecule has 1 saturated carbocycles. The average molecular weight is 339 g/mol. The number of ether oxygens (including phenoxy) is 1. The summed E-state index contributed by atoms with van der Waals surface area (Å²) in [5, 5.41) is 3.61. The van der Waals surface area contributed by atoms with Gasteiger partial charge >= 0.3 is 0 Å². The third-order valence-corrected chi connectivity index (χ3v) is 5.49. The first kappa shape index (κ1) is 14.3. The first-order valence-corrected chi connectivity index (χ1v) is 8.49. The molecule has 0 bridgehead atoms. The van der Waals surface area contributed by atoms with E-state index >= 15 is 0 Å². The number of hydrogen-bond donors (Lipinski definition) is 1. The Labute approximate surface area is 129 Å². The van der Waals surface area contributed by atoms with Crippen molar-refractivity contribution in [2.45, 2.75) is 63.5 Å². The van der Waals surface area contributed by atoms with Gasteiger partial charge in [-0.2, -0.15) is 0 Å². The lowest BCUT2D eigenvalue weighted by Crippen LogP contribution is -2.45. The molecule has 3 nitrogen and oxygen atoms in total. The number of nitrogens with one attached hydrogen (secondary N) is 1. The summed E-state index contributed by atoms with van der Waals surface area (Å²) in [7, 11) is 0. The fourth-order valence-electron chi connectivity index (χ4n) is 3.52. The standard InChI is InChI=1S/C16H23BrN2O/c1-12-9-15(18-11-14(12)17)19-13-5-8-20-16(10-13)6-3-2-4-7-16/h9,11,13H,2-8,10H2,1H3,(H,18,19). The van der Waals surface area contributed by atoms with Crippen molar-refractivity contribution in [3.8, 4) is 0 Å². The third kappa shape index (κ3) is 3.17. The van der Waals surface area contributed by atoms with E-state index in [9.17, 15) is 0 Å².